The first kappa shape index (κ1) is 20.7. The van der Waals surface area contributed by atoms with Crippen LogP contribution in [0.4, 0.5) is 4.79 Å². The van der Waals surface area contributed by atoms with Crippen LogP contribution in [-0.4, -0.2) is 64.7 Å². The van der Waals surface area contributed by atoms with Crippen LogP contribution < -0.4 is 5.32 Å². The third kappa shape index (κ3) is 5.97. The zero-order valence-electron chi connectivity index (χ0n) is 16.0. The molecule has 2 atom stereocenters. The van der Waals surface area contributed by atoms with E-state index in [1.807, 2.05) is 51.1 Å². The van der Waals surface area contributed by atoms with Gasteiger partial charge in [-0.25, -0.2) is 4.79 Å². The fraction of sp³-hybridized carbons (Fsp3) is 0.650. The summed E-state index contributed by atoms with van der Waals surface area (Å²) in [6.45, 7) is 7.39. The Morgan fingerprint density at radius 3 is 2.42 bits per heavy atom. The predicted octanol–water partition coefficient (Wildman–Crippen LogP) is 2.51. The Labute approximate surface area is 156 Å². The summed E-state index contributed by atoms with van der Waals surface area (Å²) in [6, 6.07) is 9.51. The summed E-state index contributed by atoms with van der Waals surface area (Å²) in [5.74, 6) is 0. The number of ether oxygens (including phenoxy) is 1. The number of benzene rings is 1. The van der Waals surface area contributed by atoms with E-state index in [1.165, 1.54) is 4.90 Å². The van der Waals surface area contributed by atoms with E-state index in [0.717, 1.165) is 31.6 Å². The van der Waals surface area contributed by atoms with Crippen molar-refractivity contribution in [2.24, 2.45) is 0 Å². The Morgan fingerprint density at radius 1 is 1.27 bits per heavy atom. The molecule has 0 bridgehead atoms. The molecule has 1 fully saturated rings. The van der Waals surface area contributed by atoms with Crippen molar-refractivity contribution in [2.75, 3.05) is 19.8 Å². The average Bonchev–Trinajstić information content (AvgIpc) is 2.59. The van der Waals surface area contributed by atoms with Crippen LogP contribution in [0.3, 0.4) is 0 Å². The van der Waals surface area contributed by atoms with E-state index in [9.17, 15) is 15.0 Å². The first-order valence-corrected chi connectivity index (χ1v) is 9.34. The van der Waals surface area contributed by atoms with E-state index in [2.05, 4.69) is 5.32 Å². The highest BCUT2D eigenvalue weighted by atomic mass is 16.5. The van der Waals surface area contributed by atoms with E-state index >= 15 is 0 Å². The van der Waals surface area contributed by atoms with E-state index in [1.54, 1.807) is 0 Å². The number of aliphatic hydroxyl groups is 1. The Balaban J connectivity index is 2.13. The van der Waals surface area contributed by atoms with Gasteiger partial charge in [0.05, 0.1) is 12.1 Å². The first-order valence-electron chi connectivity index (χ1n) is 9.34. The SMILES string of the molecule is CC(C)(C)N(C(=O)O)[C@@H](Cc1ccccc1)[C@H](O)CNC1CCOCC1. The summed E-state index contributed by atoms with van der Waals surface area (Å²) in [5, 5.41) is 24.1. The summed E-state index contributed by atoms with van der Waals surface area (Å²) in [7, 11) is 0. The van der Waals surface area contributed by atoms with Crippen molar-refractivity contribution in [3.05, 3.63) is 35.9 Å². The van der Waals surface area contributed by atoms with Gasteiger partial charge in [0.2, 0.25) is 0 Å². The Hall–Kier alpha value is -1.63. The molecule has 0 saturated carbocycles. The number of carboxylic acid groups (broad SMARTS) is 1. The number of nitrogens with zero attached hydrogens (tertiary/aromatic N) is 1. The summed E-state index contributed by atoms with van der Waals surface area (Å²) in [4.78, 5) is 13.4. The van der Waals surface area contributed by atoms with Gasteiger partial charge in [-0.1, -0.05) is 30.3 Å². The van der Waals surface area contributed by atoms with Crippen molar-refractivity contribution in [2.45, 2.75) is 63.8 Å². The molecule has 1 aliphatic heterocycles. The van der Waals surface area contributed by atoms with E-state index in [-0.39, 0.29) is 0 Å². The molecule has 3 N–H and O–H groups in total. The number of nitrogens with one attached hydrogen (secondary N) is 1. The molecule has 1 saturated heterocycles. The molecule has 1 aromatic rings. The van der Waals surface area contributed by atoms with Gasteiger partial charge in [0.1, 0.15) is 0 Å². The zero-order chi connectivity index (χ0) is 19.2. The zero-order valence-corrected chi connectivity index (χ0v) is 16.0. The number of hydrogen-bond donors (Lipinski definition) is 3. The van der Waals surface area contributed by atoms with Gasteiger partial charge >= 0.3 is 6.09 Å². The molecule has 0 spiro atoms. The molecule has 26 heavy (non-hydrogen) atoms. The van der Waals surface area contributed by atoms with Gasteiger partial charge in [-0.15, -0.1) is 0 Å². The van der Waals surface area contributed by atoms with Gasteiger partial charge in [0.15, 0.2) is 0 Å². The van der Waals surface area contributed by atoms with E-state index in [0.29, 0.717) is 19.0 Å². The van der Waals surface area contributed by atoms with Crippen molar-refractivity contribution in [1.82, 2.24) is 10.2 Å². The Bertz CT molecular complexity index is 553. The van der Waals surface area contributed by atoms with Crippen LogP contribution >= 0.6 is 0 Å². The topological polar surface area (TPSA) is 82.0 Å². The Morgan fingerprint density at radius 2 is 1.88 bits per heavy atom. The minimum Gasteiger partial charge on any atom is -0.465 e. The fourth-order valence-corrected chi connectivity index (χ4v) is 3.51. The number of amides is 1. The van der Waals surface area contributed by atoms with Crippen LogP contribution in [0, 0.1) is 0 Å². The molecule has 6 nitrogen and oxygen atoms in total. The maximum Gasteiger partial charge on any atom is 0.408 e. The molecule has 0 radical (unpaired) electrons. The lowest BCUT2D eigenvalue weighted by atomic mass is 9.94. The maximum absolute atomic E-state index is 12.0. The third-order valence-corrected chi connectivity index (χ3v) is 4.83. The highest BCUT2D eigenvalue weighted by Crippen LogP contribution is 2.23. The summed E-state index contributed by atoms with van der Waals surface area (Å²) >= 11 is 0. The Kier molecular flexibility index (Phi) is 7.43. The molecular weight excluding hydrogens is 332 g/mol. The second-order valence-electron chi connectivity index (χ2n) is 7.94. The second-order valence-corrected chi connectivity index (χ2v) is 7.94. The van der Waals surface area contributed by atoms with Gasteiger partial charge in [0, 0.05) is 31.3 Å². The van der Waals surface area contributed by atoms with Crippen LogP contribution in [-0.2, 0) is 11.2 Å². The molecule has 0 aromatic heterocycles. The monoisotopic (exact) mass is 364 g/mol. The van der Waals surface area contributed by atoms with Crippen molar-refractivity contribution in [1.29, 1.82) is 0 Å². The molecule has 146 valence electrons. The number of rotatable bonds is 7. The second kappa shape index (κ2) is 9.35. The smallest absolute Gasteiger partial charge is 0.408 e. The van der Waals surface area contributed by atoms with Crippen LogP contribution in [0.5, 0.6) is 0 Å². The molecular formula is C20H32N2O4. The van der Waals surface area contributed by atoms with Crippen molar-refractivity contribution >= 4 is 6.09 Å². The van der Waals surface area contributed by atoms with E-state index in [4.69, 9.17) is 4.74 Å². The molecule has 1 heterocycles. The highest BCUT2D eigenvalue weighted by Gasteiger charge is 2.37. The third-order valence-electron chi connectivity index (χ3n) is 4.83. The number of aliphatic hydroxyl groups excluding tert-OH is 1. The van der Waals surface area contributed by atoms with Crippen LogP contribution in [0.15, 0.2) is 30.3 Å². The van der Waals surface area contributed by atoms with Gasteiger partial charge in [-0.05, 0) is 45.6 Å². The normalized spacial score (nSPS) is 18.3. The van der Waals surface area contributed by atoms with Crippen LogP contribution in [0.1, 0.15) is 39.2 Å². The number of hydrogen-bond acceptors (Lipinski definition) is 4. The minimum absolute atomic E-state index is 0.309. The molecule has 1 aromatic carbocycles. The quantitative estimate of drug-likeness (QED) is 0.692. The van der Waals surface area contributed by atoms with Crippen molar-refractivity contribution in [3.8, 4) is 0 Å². The largest absolute Gasteiger partial charge is 0.465 e. The average molecular weight is 364 g/mol. The maximum atomic E-state index is 12.0. The van der Waals surface area contributed by atoms with Crippen molar-refractivity contribution < 1.29 is 19.7 Å². The lowest BCUT2D eigenvalue weighted by molar-refractivity contribution is 0.00432. The molecule has 6 heteroatoms. The van der Waals surface area contributed by atoms with Gasteiger partial charge in [-0.2, -0.15) is 0 Å². The molecule has 1 aliphatic rings. The fourth-order valence-electron chi connectivity index (χ4n) is 3.51. The summed E-state index contributed by atoms with van der Waals surface area (Å²) in [6.07, 6.45) is 0.494. The highest BCUT2D eigenvalue weighted by molar-refractivity contribution is 5.66. The van der Waals surface area contributed by atoms with E-state index < -0.39 is 23.8 Å². The van der Waals surface area contributed by atoms with Crippen LogP contribution in [0.25, 0.3) is 0 Å². The predicted molar refractivity (Wildman–Crippen MR) is 101 cm³/mol. The lowest BCUT2D eigenvalue weighted by Gasteiger charge is -2.42. The first-order chi connectivity index (χ1) is 12.3. The molecule has 0 aliphatic carbocycles. The standard InChI is InChI=1S/C20H32N2O4/c1-20(2,3)22(19(24)25)17(13-15-7-5-4-6-8-15)18(23)14-21-16-9-11-26-12-10-16/h4-8,16-18,21,23H,9-14H2,1-3H3,(H,24,25)/t17-,18+/m0/s1. The van der Waals surface area contributed by atoms with Gasteiger partial charge in [-0.3, -0.25) is 4.90 Å². The van der Waals surface area contributed by atoms with Gasteiger partial charge in [0.25, 0.3) is 0 Å². The van der Waals surface area contributed by atoms with Crippen LogP contribution in [0.2, 0.25) is 0 Å². The molecule has 2 rings (SSSR count). The minimum atomic E-state index is -1.01. The summed E-state index contributed by atoms with van der Waals surface area (Å²) < 4.78 is 5.36. The number of carbonyl (C=O) groups is 1. The van der Waals surface area contributed by atoms with Crippen molar-refractivity contribution in [3.63, 3.8) is 0 Å². The summed E-state index contributed by atoms with van der Waals surface area (Å²) in [5.41, 5.74) is 0.406. The lowest BCUT2D eigenvalue weighted by Crippen LogP contribution is -2.58. The van der Waals surface area contributed by atoms with Gasteiger partial charge < -0.3 is 20.3 Å². The molecule has 1 amide bonds. The molecule has 0 unspecified atom stereocenters.